The Balaban J connectivity index is 1.84. The standard InChI is InChI=1S/C13H20N6/c1-3-7-15-13-16-9-6-12(18-13)14-8-4-11-5-10-17-19(11)2/h5-6,9-10H,3-4,7-8H2,1-2H3,(H2,14,15,16,18). The van der Waals surface area contributed by atoms with Crippen LogP contribution in [0.3, 0.4) is 0 Å². The van der Waals surface area contributed by atoms with Gasteiger partial charge in [-0.15, -0.1) is 0 Å². The minimum Gasteiger partial charge on any atom is -0.370 e. The fraction of sp³-hybridized carbons (Fsp3) is 0.462. The second-order valence-corrected chi connectivity index (χ2v) is 4.32. The molecule has 2 aromatic rings. The fourth-order valence-corrected chi connectivity index (χ4v) is 1.74. The summed E-state index contributed by atoms with van der Waals surface area (Å²) in [6.45, 7) is 3.82. The first-order valence-electron chi connectivity index (χ1n) is 6.57. The topological polar surface area (TPSA) is 67.7 Å². The van der Waals surface area contributed by atoms with E-state index in [1.807, 2.05) is 30.1 Å². The molecule has 0 aliphatic heterocycles. The Morgan fingerprint density at radius 3 is 2.79 bits per heavy atom. The van der Waals surface area contributed by atoms with Gasteiger partial charge in [-0.05, 0) is 18.6 Å². The van der Waals surface area contributed by atoms with Crippen molar-refractivity contribution in [2.45, 2.75) is 19.8 Å². The third-order valence-corrected chi connectivity index (χ3v) is 2.80. The van der Waals surface area contributed by atoms with Crippen molar-refractivity contribution in [3.05, 3.63) is 30.2 Å². The third-order valence-electron chi connectivity index (χ3n) is 2.80. The number of rotatable bonds is 7. The molecule has 0 saturated heterocycles. The van der Waals surface area contributed by atoms with Crippen LogP contribution in [0, 0.1) is 0 Å². The zero-order chi connectivity index (χ0) is 13.5. The van der Waals surface area contributed by atoms with Crippen molar-refractivity contribution >= 4 is 11.8 Å². The van der Waals surface area contributed by atoms with Crippen molar-refractivity contribution in [2.75, 3.05) is 23.7 Å². The Morgan fingerprint density at radius 1 is 1.16 bits per heavy atom. The summed E-state index contributed by atoms with van der Waals surface area (Å²) in [6.07, 6.45) is 5.55. The zero-order valence-corrected chi connectivity index (χ0v) is 11.4. The monoisotopic (exact) mass is 260 g/mol. The summed E-state index contributed by atoms with van der Waals surface area (Å²) in [5, 5.41) is 10.6. The molecule has 0 aliphatic carbocycles. The van der Waals surface area contributed by atoms with Gasteiger partial charge in [-0.2, -0.15) is 10.1 Å². The van der Waals surface area contributed by atoms with Crippen LogP contribution >= 0.6 is 0 Å². The Bertz CT molecular complexity index is 507. The molecule has 0 atom stereocenters. The van der Waals surface area contributed by atoms with Crippen molar-refractivity contribution in [1.29, 1.82) is 0 Å². The molecule has 6 nitrogen and oxygen atoms in total. The molecule has 0 aliphatic rings. The highest BCUT2D eigenvalue weighted by atomic mass is 15.3. The Hall–Kier alpha value is -2.11. The summed E-state index contributed by atoms with van der Waals surface area (Å²) in [4.78, 5) is 8.57. The van der Waals surface area contributed by atoms with E-state index in [2.05, 4.69) is 32.6 Å². The van der Waals surface area contributed by atoms with Gasteiger partial charge in [-0.1, -0.05) is 6.92 Å². The highest BCUT2D eigenvalue weighted by molar-refractivity contribution is 5.39. The van der Waals surface area contributed by atoms with Gasteiger partial charge in [0.25, 0.3) is 0 Å². The second kappa shape index (κ2) is 6.72. The van der Waals surface area contributed by atoms with E-state index in [9.17, 15) is 0 Å². The molecule has 102 valence electrons. The van der Waals surface area contributed by atoms with E-state index in [0.29, 0.717) is 5.95 Å². The Labute approximate surface area is 113 Å². The largest absolute Gasteiger partial charge is 0.370 e. The van der Waals surface area contributed by atoms with E-state index >= 15 is 0 Å². The maximum Gasteiger partial charge on any atom is 0.224 e. The van der Waals surface area contributed by atoms with Gasteiger partial charge in [0.05, 0.1) is 0 Å². The van der Waals surface area contributed by atoms with Gasteiger partial charge >= 0.3 is 0 Å². The Kier molecular flexibility index (Phi) is 4.72. The molecule has 2 N–H and O–H groups in total. The second-order valence-electron chi connectivity index (χ2n) is 4.32. The summed E-state index contributed by atoms with van der Waals surface area (Å²) < 4.78 is 1.88. The molecule has 19 heavy (non-hydrogen) atoms. The summed E-state index contributed by atoms with van der Waals surface area (Å²) in [5.41, 5.74) is 1.20. The van der Waals surface area contributed by atoms with Crippen LogP contribution in [-0.2, 0) is 13.5 Å². The molecule has 0 bridgehead atoms. The lowest BCUT2D eigenvalue weighted by atomic mass is 10.3. The van der Waals surface area contributed by atoms with Crippen LogP contribution in [0.15, 0.2) is 24.5 Å². The molecule has 0 fully saturated rings. The lowest BCUT2D eigenvalue weighted by Gasteiger charge is -2.08. The molecule has 2 heterocycles. The highest BCUT2D eigenvalue weighted by Crippen LogP contribution is 2.06. The molecule has 2 rings (SSSR count). The average molecular weight is 260 g/mol. The molecule has 0 amide bonds. The van der Waals surface area contributed by atoms with Gasteiger partial charge < -0.3 is 10.6 Å². The third kappa shape index (κ3) is 3.94. The molecule has 0 unspecified atom stereocenters. The van der Waals surface area contributed by atoms with Gasteiger partial charge in [-0.3, -0.25) is 4.68 Å². The van der Waals surface area contributed by atoms with Crippen molar-refractivity contribution in [3.63, 3.8) is 0 Å². The average Bonchev–Trinajstić information content (AvgIpc) is 2.83. The maximum atomic E-state index is 4.40. The van der Waals surface area contributed by atoms with E-state index in [-0.39, 0.29) is 0 Å². The minimum absolute atomic E-state index is 0.674. The van der Waals surface area contributed by atoms with Gasteiger partial charge in [0.1, 0.15) is 5.82 Å². The predicted molar refractivity (Wildman–Crippen MR) is 76.2 cm³/mol. The number of nitrogens with one attached hydrogen (secondary N) is 2. The van der Waals surface area contributed by atoms with Crippen LogP contribution < -0.4 is 10.6 Å². The van der Waals surface area contributed by atoms with Crippen LogP contribution in [0.2, 0.25) is 0 Å². The predicted octanol–water partition coefficient (Wildman–Crippen LogP) is 1.69. The van der Waals surface area contributed by atoms with E-state index in [0.717, 1.165) is 31.7 Å². The highest BCUT2D eigenvalue weighted by Gasteiger charge is 2.00. The smallest absolute Gasteiger partial charge is 0.224 e. The van der Waals surface area contributed by atoms with Gasteiger partial charge in [0.15, 0.2) is 0 Å². The minimum atomic E-state index is 0.674. The Morgan fingerprint density at radius 2 is 2.05 bits per heavy atom. The molecule has 6 heteroatoms. The van der Waals surface area contributed by atoms with Crippen molar-refractivity contribution in [3.8, 4) is 0 Å². The van der Waals surface area contributed by atoms with Crippen LogP contribution in [0.5, 0.6) is 0 Å². The molecule has 2 aromatic heterocycles. The van der Waals surface area contributed by atoms with E-state index in [1.165, 1.54) is 5.69 Å². The summed E-state index contributed by atoms with van der Waals surface area (Å²) in [6, 6.07) is 3.90. The number of anilines is 2. The summed E-state index contributed by atoms with van der Waals surface area (Å²) in [5.74, 6) is 1.52. The quantitative estimate of drug-likeness (QED) is 0.793. The molecular weight excluding hydrogens is 240 g/mol. The van der Waals surface area contributed by atoms with Crippen LogP contribution in [0.1, 0.15) is 19.0 Å². The van der Waals surface area contributed by atoms with Crippen molar-refractivity contribution < 1.29 is 0 Å². The number of aryl methyl sites for hydroxylation is 1. The van der Waals surface area contributed by atoms with E-state index in [4.69, 9.17) is 0 Å². The lowest BCUT2D eigenvalue weighted by molar-refractivity contribution is 0.711. The van der Waals surface area contributed by atoms with Gasteiger partial charge in [0, 0.05) is 44.6 Å². The summed E-state index contributed by atoms with van der Waals surface area (Å²) >= 11 is 0. The lowest BCUT2D eigenvalue weighted by Crippen LogP contribution is -2.11. The van der Waals surface area contributed by atoms with Crippen molar-refractivity contribution in [1.82, 2.24) is 19.7 Å². The fourth-order valence-electron chi connectivity index (χ4n) is 1.74. The first-order chi connectivity index (χ1) is 9.29. The number of nitrogens with zero attached hydrogens (tertiary/aromatic N) is 4. The summed E-state index contributed by atoms with van der Waals surface area (Å²) in [7, 11) is 1.95. The first kappa shape index (κ1) is 13.3. The van der Waals surface area contributed by atoms with Crippen LogP contribution in [-0.4, -0.2) is 32.8 Å². The van der Waals surface area contributed by atoms with Crippen LogP contribution in [0.4, 0.5) is 11.8 Å². The van der Waals surface area contributed by atoms with Crippen molar-refractivity contribution in [2.24, 2.45) is 7.05 Å². The first-order valence-corrected chi connectivity index (χ1v) is 6.57. The molecule has 0 spiro atoms. The molecule has 0 radical (unpaired) electrons. The van der Waals surface area contributed by atoms with E-state index in [1.54, 1.807) is 6.20 Å². The normalized spacial score (nSPS) is 10.4. The molecule has 0 aromatic carbocycles. The SMILES string of the molecule is CCCNc1nccc(NCCc2ccnn2C)n1. The number of hydrogen-bond acceptors (Lipinski definition) is 5. The van der Waals surface area contributed by atoms with E-state index < -0.39 is 0 Å². The zero-order valence-electron chi connectivity index (χ0n) is 11.4. The van der Waals surface area contributed by atoms with Gasteiger partial charge in [-0.25, -0.2) is 4.98 Å². The van der Waals surface area contributed by atoms with Crippen LogP contribution in [0.25, 0.3) is 0 Å². The van der Waals surface area contributed by atoms with Gasteiger partial charge in [0.2, 0.25) is 5.95 Å². The number of aromatic nitrogens is 4. The number of hydrogen-bond donors (Lipinski definition) is 2. The maximum absolute atomic E-state index is 4.40. The molecule has 0 saturated carbocycles. The molecular formula is C13H20N6.